The maximum Gasteiger partial charge on any atom is 0.167 e. The fourth-order valence-electron chi connectivity index (χ4n) is 3.07. The summed E-state index contributed by atoms with van der Waals surface area (Å²) in [6.07, 6.45) is 0.729. The van der Waals surface area contributed by atoms with Crippen LogP contribution in [0.4, 0.5) is 0 Å². The molecule has 4 nitrogen and oxygen atoms in total. The van der Waals surface area contributed by atoms with Crippen molar-refractivity contribution in [2.75, 3.05) is 33.9 Å². The maximum atomic E-state index is 11.4. The lowest BCUT2D eigenvalue weighted by molar-refractivity contribution is -0.118. The number of ether oxygens (including phenoxy) is 2. The SMILES string of the molecule is CC(=O)COc1ccc2ccccc2c1Cc1ccc(OCCN(C)C)cc1.Cl. The lowest BCUT2D eigenvalue weighted by Crippen LogP contribution is -2.19. The van der Waals surface area contributed by atoms with Gasteiger partial charge in [0, 0.05) is 18.5 Å². The molecule has 0 unspecified atom stereocenters. The molecule has 0 aromatic heterocycles. The van der Waals surface area contributed by atoms with E-state index < -0.39 is 0 Å². The first-order chi connectivity index (χ1) is 13.5. The predicted octanol–water partition coefficient (Wildman–Crippen LogP) is 4.76. The van der Waals surface area contributed by atoms with Gasteiger partial charge in [0.25, 0.3) is 0 Å². The Morgan fingerprint density at radius 1 is 0.931 bits per heavy atom. The van der Waals surface area contributed by atoms with Crippen LogP contribution in [-0.4, -0.2) is 44.5 Å². The monoisotopic (exact) mass is 413 g/mol. The van der Waals surface area contributed by atoms with Crippen LogP contribution >= 0.6 is 12.4 Å². The Morgan fingerprint density at radius 3 is 2.34 bits per heavy atom. The molecule has 0 amide bonds. The van der Waals surface area contributed by atoms with Crippen molar-refractivity contribution in [3.8, 4) is 11.5 Å². The van der Waals surface area contributed by atoms with E-state index >= 15 is 0 Å². The lowest BCUT2D eigenvalue weighted by Gasteiger charge is -2.15. The first kappa shape index (κ1) is 22.7. The van der Waals surface area contributed by atoms with Gasteiger partial charge in [-0.15, -0.1) is 12.4 Å². The van der Waals surface area contributed by atoms with Crippen molar-refractivity contribution in [2.45, 2.75) is 13.3 Å². The number of hydrogen-bond acceptors (Lipinski definition) is 4. The molecule has 0 aliphatic rings. The zero-order valence-electron chi connectivity index (χ0n) is 17.2. The fourth-order valence-corrected chi connectivity index (χ4v) is 3.07. The Hall–Kier alpha value is -2.56. The first-order valence-corrected chi connectivity index (χ1v) is 9.52. The average Bonchev–Trinajstić information content (AvgIpc) is 2.68. The van der Waals surface area contributed by atoms with Gasteiger partial charge in [-0.25, -0.2) is 0 Å². The quantitative estimate of drug-likeness (QED) is 0.507. The van der Waals surface area contributed by atoms with Gasteiger partial charge in [-0.3, -0.25) is 4.79 Å². The number of carbonyl (C=O) groups is 1. The highest BCUT2D eigenvalue weighted by molar-refractivity contribution is 5.88. The summed E-state index contributed by atoms with van der Waals surface area (Å²) in [4.78, 5) is 13.5. The van der Waals surface area contributed by atoms with Gasteiger partial charge in [0.15, 0.2) is 5.78 Å². The van der Waals surface area contributed by atoms with Gasteiger partial charge in [0.2, 0.25) is 0 Å². The van der Waals surface area contributed by atoms with Crippen LogP contribution in [0.3, 0.4) is 0 Å². The molecular weight excluding hydrogens is 386 g/mol. The van der Waals surface area contributed by atoms with Gasteiger partial charge < -0.3 is 14.4 Å². The summed E-state index contributed by atoms with van der Waals surface area (Å²) in [5.41, 5.74) is 2.27. The normalized spacial score (nSPS) is 10.6. The lowest BCUT2D eigenvalue weighted by atomic mass is 9.97. The summed E-state index contributed by atoms with van der Waals surface area (Å²) in [7, 11) is 4.06. The molecule has 5 heteroatoms. The van der Waals surface area contributed by atoms with Crippen molar-refractivity contribution in [3.63, 3.8) is 0 Å². The number of ketones is 1. The van der Waals surface area contributed by atoms with Gasteiger partial charge in [-0.05, 0) is 55.6 Å². The zero-order chi connectivity index (χ0) is 19.9. The van der Waals surface area contributed by atoms with Gasteiger partial charge in [0.05, 0.1) is 0 Å². The van der Waals surface area contributed by atoms with E-state index in [1.54, 1.807) is 0 Å². The highest BCUT2D eigenvalue weighted by Gasteiger charge is 2.11. The molecule has 154 valence electrons. The second-order valence-electron chi connectivity index (χ2n) is 7.23. The second-order valence-corrected chi connectivity index (χ2v) is 7.23. The van der Waals surface area contributed by atoms with Crippen molar-refractivity contribution in [1.82, 2.24) is 4.90 Å². The predicted molar refractivity (Wildman–Crippen MR) is 121 cm³/mol. The van der Waals surface area contributed by atoms with E-state index in [0.29, 0.717) is 6.61 Å². The average molecular weight is 414 g/mol. The minimum Gasteiger partial charge on any atom is -0.492 e. The van der Waals surface area contributed by atoms with Crippen molar-refractivity contribution in [1.29, 1.82) is 0 Å². The molecule has 0 atom stereocenters. The summed E-state index contributed by atoms with van der Waals surface area (Å²) in [5, 5.41) is 2.31. The van der Waals surface area contributed by atoms with Crippen LogP contribution in [0.25, 0.3) is 10.8 Å². The zero-order valence-corrected chi connectivity index (χ0v) is 18.0. The number of halogens is 1. The molecule has 3 rings (SSSR count). The van der Waals surface area contributed by atoms with Gasteiger partial charge in [-0.2, -0.15) is 0 Å². The molecule has 0 bridgehead atoms. The molecule has 0 heterocycles. The van der Waals surface area contributed by atoms with Gasteiger partial charge in [-0.1, -0.05) is 42.5 Å². The largest absolute Gasteiger partial charge is 0.492 e. The van der Waals surface area contributed by atoms with Gasteiger partial charge in [0.1, 0.15) is 24.7 Å². The number of fused-ring (bicyclic) bond motifs is 1. The van der Waals surface area contributed by atoms with Crippen molar-refractivity contribution in [2.24, 2.45) is 0 Å². The number of hydrogen-bond donors (Lipinski definition) is 0. The van der Waals surface area contributed by atoms with Crippen LogP contribution < -0.4 is 9.47 Å². The van der Waals surface area contributed by atoms with Crippen molar-refractivity contribution < 1.29 is 14.3 Å². The Kier molecular flexibility index (Phi) is 8.50. The standard InChI is InChI=1S/C24H27NO3.ClH/c1-18(26)17-28-24-13-10-20-6-4-5-7-22(20)23(24)16-19-8-11-21(12-9-19)27-15-14-25(2)3;/h4-13H,14-17H2,1-3H3;1H. The van der Waals surface area contributed by atoms with E-state index in [0.717, 1.165) is 40.8 Å². The maximum absolute atomic E-state index is 11.4. The number of Topliss-reactive ketones (excluding diaryl/α,β-unsaturated/α-hetero) is 1. The van der Waals surface area contributed by atoms with Crippen LogP contribution in [0.1, 0.15) is 18.1 Å². The smallest absolute Gasteiger partial charge is 0.167 e. The fraction of sp³-hybridized carbons (Fsp3) is 0.292. The summed E-state index contributed by atoms with van der Waals surface area (Å²) < 4.78 is 11.6. The minimum atomic E-state index is 0. The molecule has 0 fully saturated rings. The number of rotatable bonds is 9. The van der Waals surface area contributed by atoms with Crippen molar-refractivity contribution in [3.05, 3.63) is 71.8 Å². The topological polar surface area (TPSA) is 38.8 Å². The third kappa shape index (κ3) is 6.48. The third-order valence-electron chi connectivity index (χ3n) is 4.54. The molecule has 0 saturated heterocycles. The van der Waals surface area contributed by atoms with E-state index in [9.17, 15) is 4.79 Å². The molecule has 3 aromatic rings. The molecule has 0 N–H and O–H groups in total. The van der Waals surface area contributed by atoms with Crippen LogP contribution in [0, 0.1) is 0 Å². The summed E-state index contributed by atoms with van der Waals surface area (Å²) in [6, 6.07) is 20.4. The third-order valence-corrected chi connectivity index (χ3v) is 4.54. The number of likely N-dealkylation sites (N-methyl/N-ethyl adjacent to an activating group) is 1. The van der Waals surface area contributed by atoms with Gasteiger partial charge >= 0.3 is 0 Å². The molecular formula is C24H28ClNO3. The molecule has 0 aliphatic heterocycles. The molecule has 3 aromatic carbocycles. The second kappa shape index (κ2) is 10.8. The summed E-state index contributed by atoms with van der Waals surface area (Å²) >= 11 is 0. The Bertz CT molecular complexity index is 939. The molecule has 0 radical (unpaired) electrons. The van der Waals surface area contributed by atoms with E-state index in [4.69, 9.17) is 9.47 Å². The first-order valence-electron chi connectivity index (χ1n) is 9.52. The van der Waals surface area contributed by atoms with Crippen LogP contribution in [-0.2, 0) is 11.2 Å². The summed E-state index contributed by atoms with van der Waals surface area (Å²) in [5.74, 6) is 1.65. The van der Waals surface area contributed by atoms with E-state index in [-0.39, 0.29) is 24.8 Å². The summed E-state index contributed by atoms with van der Waals surface area (Å²) in [6.45, 7) is 3.17. The molecule has 0 saturated carbocycles. The van der Waals surface area contributed by atoms with E-state index in [1.165, 1.54) is 12.5 Å². The van der Waals surface area contributed by atoms with E-state index in [2.05, 4.69) is 29.2 Å². The Morgan fingerprint density at radius 2 is 1.66 bits per heavy atom. The van der Waals surface area contributed by atoms with Crippen LogP contribution in [0.2, 0.25) is 0 Å². The Balaban J connectivity index is 0.00000300. The molecule has 0 aliphatic carbocycles. The highest BCUT2D eigenvalue weighted by atomic mass is 35.5. The van der Waals surface area contributed by atoms with Crippen LogP contribution in [0.15, 0.2) is 60.7 Å². The number of benzene rings is 3. The van der Waals surface area contributed by atoms with E-state index in [1.807, 2.05) is 50.5 Å². The van der Waals surface area contributed by atoms with Crippen LogP contribution in [0.5, 0.6) is 11.5 Å². The van der Waals surface area contributed by atoms with Crippen molar-refractivity contribution >= 4 is 29.0 Å². The molecule has 29 heavy (non-hydrogen) atoms. The molecule has 0 spiro atoms. The number of nitrogens with zero attached hydrogens (tertiary/aromatic N) is 1. The number of carbonyl (C=O) groups excluding carboxylic acids is 1. The minimum absolute atomic E-state index is 0. The highest BCUT2D eigenvalue weighted by Crippen LogP contribution is 2.30. The Labute approximate surface area is 178 Å².